The van der Waals surface area contributed by atoms with Gasteiger partial charge in [-0.15, -0.1) is 0 Å². The topological polar surface area (TPSA) is 48.7 Å². The summed E-state index contributed by atoms with van der Waals surface area (Å²) < 4.78 is 18.3. The van der Waals surface area contributed by atoms with Crippen LogP contribution in [-0.4, -0.2) is 13.2 Å². The van der Waals surface area contributed by atoms with E-state index in [4.69, 9.17) is 13.9 Å². The Labute approximate surface area is 165 Å². The van der Waals surface area contributed by atoms with Crippen molar-refractivity contribution in [3.05, 3.63) is 73.6 Å². The largest absolute Gasteiger partial charge is 0.488 e. The molecule has 4 rings (SSSR count). The van der Waals surface area contributed by atoms with Crippen molar-refractivity contribution in [2.75, 3.05) is 13.2 Å². The summed E-state index contributed by atoms with van der Waals surface area (Å²) in [4.78, 5) is 12.6. The maximum Gasteiger partial charge on any atom is 0.347 e. The van der Waals surface area contributed by atoms with E-state index in [1.807, 2.05) is 45.0 Å². The van der Waals surface area contributed by atoms with E-state index in [9.17, 15) is 4.79 Å². The van der Waals surface area contributed by atoms with E-state index >= 15 is 0 Å². The lowest BCUT2D eigenvalue weighted by atomic mass is 10.0. The van der Waals surface area contributed by atoms with Gasteiger partial charge in [0.1, 0.15) is 35.9 Å². The Balaban J connectivity index is 1.73. The normalized spacial score (nSPS) is 13.1. The summed E-state index contributed by atoms with van der Waals surface area (Å²) in [7, 11) is 0. The van der Waals surface area contributed by atoms with Crippen molar-refractivity contribution in [3.8, 4) is 11.5 Å². The molecule has 1 aliphatic rings. The van der Waals surface area contributed by atoms with E-state index in [0.29, 0.717) is 23.5 Å². The Kier molecular flexibility index (Phi) is 4.56. The van der Waals surface area contributed by atoms with Gasteiger partial charge in [-0.3, -0.25) is 0 Å². The molecule has 0 saturated carbocycles. The molecule has 0 spiro atoms. The molecule has 0 amide bonds. The number of benzene rings is 2. The quantitative estimate of drug-likeness (QED) is 0.530. The zero-order valence-corrected chi connectivity index (χ0v) is 17.0. The summed E-state index contributed by atoms with van der Waals surface area (Å²) in [6.07, 6.45) is 1.87. The zero-order valence-electron chi connectivity index (χ0n) is 15.4. The van der Waals surface area contributed by atoms with Gasteiger partial charge in [0.15, 0.2) is 0 Å². The highest BCUT2D eigenvalue weighted by atomic mass is 79.9. The van der Waals surface area contributed by atoms with Crippen LogP contribution in [0.3, 0.4) is 0 Å². The van der Waals surface area contributed by atoms with Crippen LogP contribution in [0.4, 0.5) is 0 Å². The molecule has 3 aromatic rings. The summed E-state index contributed by atoms with van der Waals surface area (Å²) in [6.45, 7) is 6.70. The Morgan fingerprint density at radius 1 is 1.11 bits per heavy atom. The van der Waals surface area contributed by atoms with Crippen molar-refractivity contribution in [3.63, 3.8) is 0 Å². The molecular formula is C22H19BrO4. The Morgan fingerprint density at radius 2 is 1.93 bits per heavy atom. The van der Waals surface area contributed by atoms with Gasteiger partial charge in [-0.2, -0.15) is 0 Å². The van der Waals surface area contributed by atoms with E-state index in [-0.39, 0.29) is 6.61 Å². The maximum absolute atomic E-state index is 12.6. The minimum Gasteiger partial charge on any atom is -0.488 e. The van der Waals surface area contributed by atoms with Gasteiger partial charge in [0.05, 0.1) is 9.86 Å². The van der Waals surface area contributed by atoms with Crippen LogP contribution in [0, 0.1) is 20.8 Å². The first-order chi connectivity index (χ1) is 12.9. The van der Waals surface area contributed by atoms with Gasteiger partial charge in [-0.1, -0.05) is 17.7 Å². The van der Waals surface area contributed by atoms with Crippen LogP contribution >= 0.6 is 15.9 Å². The molecule has 2 aromatic carbocycles. The predicted octanol–water partition coefficient (Wildman–Crippen LogP) is 5.34. The minimum atomic E-state index is -0.407. The predicted molar refractivity (Wildman–Crippen MR) is 110 cm³/mol. The molecule has 0 radical (unpaired) electrons. The van der Waals surface area contributed by atoms with Crippen molar-refractivity contribution in [1.82, 2.24) is 0 Å². The third-order valence-electron chi connectivity index (χ3n) is 4.64. The van der Waals surface area contributed by atoms with E-state index in [1.54, 1.807) is 6.07 Å². The van der Waals surface area contributed by atoms with E-state index in [1.165, 1.54) is 0 Å². The van der Waals surface area contributed by atoms with Crippen LogP contribution in [0.1, 0.15) is 22.3 Å². The second-order valence-corrected chi connectivity index (χ2v) is 7.67. The molecule has 0 atom stereocenters. The SMILES string of the molecule is Cc1cc(C)c(OCC2=CCOc3c2c(=O)oc2ccc(C)cc32)c(Br)c1. The number of aryl methyl sites for hydroxylation is 3. The van der Waals surface area contributed by atoms with Gasteiger partial charge in [0.25, 0.3) is 0 Å². The number of rotatable bonds is 3. The van der Waals surface area contributed by atoms with Crippen LogP contribution < -0.4 is 15.1 Å². The van der Waals surface area contributed by atoms with Crippen LogP contribution in [0.25, 0.3) is 16.5 Å². The summed E-state index contributed by atoms with van der Waals surface area (Å²) in [6, 6.07) is 9.77. The van der Waals surface area contributed by atoms with E-state index in [2.05, 4.69) is 22.0 Å². The monoisotopic (exact) mass is 426 g/mol. The van der Waals surface area contributed by atoms with Crippen molar-refractivity contribution < 1.29 is 13.9 Å². The third kappa shape index (κ3) is 3.28. The summed E-state index contributed by atoms with van der Waals surface area (Å²) in [5.74, 6) is 1.35. The number of fused-ring (bicyclic) bond motifs is 3. The molecule has 0 bridgehead atoms. The second kappa shape index (κ2) is 6.89. The zero-order chi connectivity index (χ0) is 19.1. The standard InChI is InChI=1S/C22H19BrO4/c1-12-4-5-18-16(9-12)21-19(22(24)27-18)15(6-7-25-21)11-26-20-14(3)8-13(2)10-17(20)23/h4-6,8-10H,7,11H2,1-3H3. The van der Waals surface area contributed by atoms with Crippen molar-refractivity contribution >= 4 is 32.5 Å². The van der Waals surface area contributed by atoms with Crippen LogP contribution in [-0.2, 0) is 0 Å². The lowest BCUT2D eigenvalue weighted by Crippen LogP contribution is -2.18. The Hall–Kier alpha value is -2.53. The van der Waals surface area contributed by atoms with Crippen LogP contribution in [0.2, 0.25) is 0 Å². The number of hydrogen-bond acceptors (Lipinski definition) is 4. The second-order valence-electron chi connectivity index (χ2n) is 6.82. The smallest absolute Gasteiger partial charge is 0.347 e. The van der Waals surface area contributed by atoms with Gasteiger partial charge < -0.3 is 13.9 Å². The summed E-state index contributed by atoms with van der Waals surface area (Å²) in [5.41, 5.74) is 4.62. The molecule has 5 heteroatoms. The summed E-state index contributed by atoms with van der Waals surface area (Å²) >= 11 is 3.56. The molecule has 0 unspecified atom stereocenters. The third-order valence-corrected chi connectivity index (χ3v) is 5.23. The molecule has 0 N–H and O–H groups in total. The highest BCUT2D eigenvalue weighted by Gasteiger charge is 2.23. The molecule has 2 heterocycles. The molecule has 138 valence electrons. The first-order valence-electron chi connectivity index (χ1n) is 8.73. The number of hydrogen-bond donors (Lipinski definition) is 0. The van der Waals surface area contributed by atoms with Crippen LogP contribution in [0.15, 0.2) is 50.1 Å². The van der Waals surface area contributed by atoms with Crippen molar-refractivity contribution in [1.29, 1.82) is 0 Å². The molecular weight excluding hydrogens is 408 g/mol. The minimum absolute atomic E-state index is 0.265. The lowest BCUT2D eigenvalue weighted by Gasteiger charge is -2.20. The van der Waals surface area contributed by atoms with Gasteiger partial charge in [-0.05, 0) is 72.1 Å². The van der Waals surface area contributed by atoms with Crippen molar-refractivity contribution in [2.45, 2.75) is 20.8 Å². The van der Waals surface area contributed by atoms with Crippen LogP contribution in [0.5, 0.6) is 11.5 Å². The van der Waals surface area contributed by atoms with E-state index < -0.39 is 5.63 Å². The van der Waals surface area contributed by atoms with E-state index in [0.717, 1.165) is 37.9 Å². The summed E-state index contributed by atoms with van der Waals surface area (Å²) in [5, 5.41) is 0.808. The Morgan fingerprint density at radius 3 is 2.70 bits per heavy atom. The maximum atomic E-state index is 12.6. The number of halogens is 1. The molecule has 0 saturated heterocycles. The lowest BCUT2D eigenvalue weighted by molar-refractivity contribution is 0.339. The average molecular weight is 427 g/mol. The van der Waals surface area contributed by atoms with Gasteiger partial charge >= 0.3 is 5.63 Å². The fraction of sp³-hybridized carbons (Fsp3) is 0.227. The highest BCUT2D eigenvalue weighted by molar-refractivity contribution is 9.10. The van der Waals surface area contributed by atoms with Crippen molar-refractivity contribution in [2.24, 2.45) is 0 Å². The van der Waals surface area contributed by atoms with Gasteiger partial charge in [0, 0.05) is 5.57 Å². The Bertz CT molecular complexity index is 1120. The fourth-order valence-corrected chi connectivity index (χ4v) is 4.20. The molecule has 4 nitrogen and oxygen atoms in total. The highest BCUT2D eigenvalue weighted by Crippen LogP contribution is 2.36. The molecule has 0 aliphatic carbocycles. The van der Waals surface area contributed by atoms with Gasteiger partial charge in [-0.25, -0.2) is 4.79 Å². The molecule has 27 heavy (non-hydrogen) atoms. The number of ether oxygens (including phenoxy) is 2. The first-order valence-corrected chi connectivity index (χ1v) is 9.52. The molecule has 1 aliphatic heterocycles. The first kappa shape index (κ1) is 17.9. The van der Waals surface area contributed by atoms with Gasteiger partial charge in [0.2, 0.25) is 0 Å². The average Bonchev–Trinajstić information content (AvgIpc) is 2.61. The molecule has 1 aromatic heterocycles. The molecule has 0 fully saturated rings. The fourth-order valence-electron chi connectivity index (χ4n) is 3.41.